The maximum atomic E-state index is 11.2. The first-order valence-corrected chi connectivity index (χ1v) is 7.01. The van der Waals surface area contributed by atoms with Gasteiger partial charge in [-0.15, -0.1) is 0 Å². The predicted octanol–water partition coefficient (Wildman–Crippen LogP) is 2.88. The molecule has 0 radical (unpaired) electrons. The van der Waals surface area contributed by atoms with Crippen molar-refractivity contribution < 1.29 is 4.92 Å². The molecule has 1 atom stereocenters. The molecule has 0 amide bonds. The summed E-state index contributed by atoms with van der Waals surface area (Å²) in [4.78, 5) is 10.9. The molecule has 0 saturated heterocycles. The third-order valence-corrected chi connectivity index (χ3v) is 4.08. The van der Waals surface area contributed by atoms with Gasteiger partial charge >= 0.3 is 5.69 Å². The van der Waals surface area contributed by atoms with E-state index < -0.39 is 0 Å². The molecule has 0 spiro atoms. The van der Waals surface area contributed by atoms with Gasteiger partial charge in [-0.1, -0.05) is 19.8 Å². The van der Waals surface area contributed by atoms with Crippen LogP contribution in [0.15, 0.2) is 0 Å². The maximum absolute atomic E-state index is 11.2. The SMILES string of the molecule is CCc1nn(C)c(NC(C)C2CCCC2)c1[N+](=O)[O-]. The molecule has 1 aromatic rings. The molecule has 6 nitrogen and oxygen atoms in total. The van der Waals surface area contributed by atoms with E-state index >= 15 is 0 Å². The Balaban J connectivity index is 2.23. The summed E-state index contributed by atoms with van der Waals surface area (Å²) in [5.74, 6) is 1.15. The topological polar surface area (TPSA) is 73.0 Å². The highest BCUT2D eigenvalue weighted by molar-refractivity contribution is 5.60. The molecule has 6 heteroatoms. The highest BCUT2D eigenvalue weighted by Gasteiger charge is 2.29. The quantitative estimate of drug-likeness (QED) is 0.657. The Kier molecular flexibility index (Phi) is 4.07. The highest BCUT2D eigenvalue weighted by Crippen LogP contribution is 2.33. The van der Waals surface area contributed by atoms with Crippen LogP contribution in [0.2, 0.25) is 0 Å². The molecule has 0 bridgehead atoms. The van der Waals surface area contributed by atoms with Gasteiger partial charge in [0.05, 0.1) is 4.92 Å². The molecule has 106 valence electrons. The zero-order valence-electron chi connectivity index (χ0n) is 11.8. The molecule has 1 unspecified atom stereocenters. The van der Waals surface area contributed by atoms with Crippen LogP contribution in [0, 0.1) is 16.0 Å². The number of nitrogens with zero attached hydrogens (tertiary/aromatic N) is 3. The van der Waals surface area contributed by atoms with E-state index in [1.165, 1.54) is 25.7 Å². The molecule has 1 fully saturated rings. The largest absolute Gasteiger partial charge is 0.362 e. The Bertz CT molecular complexity index is 463. The summed E-state index contributed by atoms with van der Waals surface area (Å²) in [7, 11) is 1.76. The van der Waals surface area contributed by atoms with Crippen molar-refractivity contribution in [1.82, 2.24) is 9.78 Å². The number of nitro groups is 1. The molecule has 1 aromatic heterocycles. The monoisotopic (exact) mass is 266 g/mol. The molecule has 19 heavy (non-hydrogen) atoms. The van der Waals surface area contributed by atoms with Crippen LogP contribution in [-0.2, 0) is 13.5 Å². The maximum Gasteiger partial charge on any atom is 0.333 e. The van der Waals surface area contributed by atoms with Gasteiger partial charge in [0.15, 0.2) is 0 Å². The van der Waals surface area contributed by atoms with Gasteiger partial charge in [0, 0.05) is 13.1 Å². The summed E-state index contributed by atoms with van der Waals surface area (Å²) in [6.45, 7) is 4.00. The fraction of sp³-hybridized carbons (Fsp3) is 0.769. The van der Waals surface area contributed by atoms with Gasteiger partial charge in [0.25, 0.3) is 0 Å². The average Bonchev–Trinajstić information content (AvgIpc) is 2.97. The van der Waals surface area contributed by atoms with Crippen molar-refractivity contribution in [2.75, 3.05) is 5.32 Å². The van der Waals surface area contributed by atoms with Gasteiger partial charge < -0.3 is 5.32 Å². The number of aryl methyl sites for hydroxylation is 2. The highest BCUT2D eigenvalue weighted by atomic mass is 16.6. The van der Waals surface area contributed by atoms with Crippen LogP contribution in [-0.4, -0.2) is 20.7 Å². The summed E-state index contributed by atoms with van der Waals surface area (Å²) in [6.07, 6.45) is 5.53. The van der Waals surface area contributed by atoms with Crippen molar-refractivity contribution in [3.8, 4) is 0 Å². The Morgan fingerprint density at radius 2 is 2.16 bits per heavy atom. The van der Waals surface area contributed by atoms with Crippen LogP contribution in [0.3, 0.4) is 0 Å². The van der Waals surface area contributed by atoms with Crippen molar-refractivity contribution in [3.05, 3.63) is 15.8 Å². The number of hydrogen-bond donors (Lipinski definition) is 1. The lowest BCUT2D eigenvalue weighted by Gasteiger charge is -2.20. The zero-order chi connectivity index (χ0) is 14.0. The van der Waals surface area contributed by atoms with Gasteiger partial charge in [-0.25, -0.2) is 4.68 Å². The van der Waals surface area contributed by atoms with Crippen molar-refractivity contribution in [3.63, 3.8) is 0 Å². The van der Waals surface area contributed by atoms with Crippen LogP contribution in [0.5, 0.6) is 0 Å². The summed E-state index contributed by atoms with van der Waals surface area (Å²) in [5.41, 5.74) is 0.684. The van der Waals surface area contributed by atoms with Gasteiger partial charge in [-0.2, -0.15) is 5.10 Å². The molecule has 1 heterocycles. The second-order valence-electron chi connectivity index (χ2n) is 5.36. The standard InChI is InChI=1S/C13H22N4O2/c1-4-11-12(17(18)19)13(16(3)15-11)14-9(2)10-7-5-6-8-10/h9-10,14H,4-8H2,1-3H3. The minimum Gasteiger partial charge on any atom is -0.362 e. The number of rotatable bonds is 5. The van der Waals surface area contributed by atoms with E-state index in [0.29, 0.717) is 23.9 Å². The van der Waals surface area contributed by atoms with Crippen LogP contribution >= 0.6 is 0 Å². The first kappa shape index (κ1) is 13.8. The zero-order valence-corrected chi connectivity index (χ0v) is 11.8. The van der Waals surface area contributed by atoms with Crippen molar-refractivity contribution in [2.45, 2.75) is 52.0 Å². The minimum atomic E-state index is -0.324. The molecular formula is C13H22N4O2. The van der Waals surface area contributed by atoms with Gasteiger partial charge in [0.2, 0.25) is 5.82 Å². The van der Waals surface area contributed by atoms with Gasteiger partial charge in [-0.3, -0.25) is 10.1 Å². The van der Waals surface area contributed by atoms with Crippen LogP contribution in [0.25, 0.3) is 0 Å². The van der Waals surface area contributed by atoms with E-state index in [-0.39, 0.29) is 16.7 Å². The lowest BCUT2D eigenvalue weighted by atomic mass is 10.00. The molecule has 0 aromatic carbocycles. The van der Waals surface area contributed by atoms with Crippen LogP contribution < -0.4 is 5.32 Å². The summed E-state index contributed by atoms with van der Waals surface area (Å²) >= 11 is 0. The lowest BCUT2D eigenvalue weighted by Crippen LogP contribution is -2.25. The number of anilines is 1. The lowest BCUT2D eigenvalue weighted by molar-refractivity contribution is -0.384. The number of hydrogen-bond acceptors (Lipinski definition) is 4. The summed E-state index contributed by atoms with van der Waals surface area (Å²) in [5, 5.41) is 18.8. The molecule has 2 rings (SSSR count). The van der Waals surface area contributed by atoms with E-state index in [4.69, 9.17) is 0 Å². The van der Waals surface area contributed by atoms with E-state index in [9.17, 15) is 10.1 Å². The van der Waals surface area contributed by atoms with Crippen LogP contribution in [0.1, 0.15) is 45.2 Å². The van der Waals surface area contributed by atoms with Crippen molar-refractivity contribution in [1.29, 1.82) is 0 Å². The van der Waals surface area contributed by atoms with Gasteiger partial charge in [-0.05, 0) is 32.1 Å². The second-order valence-corrected chi connectivity index (χ2v) is 5.36. The molecule has 0 aliphatic heterocycles. The van der Waals surface area contributed by atoms with E-state index in [0.717, 1.165) is 0 Å². The van der Waals surface area contributed by atoms with Crippen molar-refractivity contribution in [2.24, 2.45) is 13.0 Å². The first-order chi connectivity index (χ1) is 9.04. The fourth-order valence-corrected chi connectivity index (χ4v) is 2.95. The van der Waals surface area contributed by atoms with E-state index in [1.807, 2.05) is 6.92 Å². The third-order valence-electron chi connectivity index (χ3n) is 4.08. The number of nitrogens with one attached hydrogen (secondary N) is 1. The van der Waals surface area contributed by atoms with Crippen molar-refractivity contribution >= 4 is 11.5 Å². The fourth-order valence-electron chi connectivity index (χ4n) is 2.95. The Labute approximate surface area is 113 Å². The Morgan fingerprint density at radius 1 is 1.53 bits per heavy atom. The molecule has 1 saturated carbocycles. The van der Waals surface area contributed by atoms with Crippen LogP contribution in [0.4, 0.5) is 11.5 Å². The van der Waals surface area contributed by atoms with E-state index in [2.05, 4.69) is 17.3 Å². The first-order valence-electron chi connectivity index (χ1n) is 7.01. The number of aromatic nitrogens is 2. The molecule has 1 N–H and O–H groups in total. The third kappa shape index (κ3) is 2.72. The normalized spacial score (nSPS) is 17.6. The Hall–Kier alpha value is -1.59. The molecule has 1 aliphatic rings. The molecule has 1 aliphatic carbocycles. The van der Waals surface area contributed by atoms with E-state index in [1.54, 1.807) is 11.7 Å². The second kappa shape index (κ2) is 5.59. The average molecular weight is 266 g/mol. The molecular weight excluding hydrogens is 244 g/mol. The summed E-state index contributed by atoms with van der Waals surface area (Å²) in [6, 6.07) is 0.251. The summed E-state index contributed by atoms with van der Waals surface area (Å²) < 4.78 is 1.60. The Morgan fingerprint density at radius 3 is 2.68 bits per heavy atom. The van der Waals surface area contributed by atoms with Gasteiger partial charge in [0.1, 0.15) is 5.69 Å². The predicted molar refractivity (Wildman–Crippen MR) is 74.3 cm³/mol. The smallest absolute Gasteiger partial charge is 0.333 e. The minimum absolute atomic E-state index is 0.134.